The van der Waals surface area contributed by atoms with Crippen molar-refractivity contribution >= 4 is 18.4 Å². The molecule has 2 atom stereocenters. The Morgan fingerprint density at radius 1 is 1.22 bits per heavy atom. The molecule has 0 unspecified atom stereocenters. The van der Waals surface area contributed by atoms with E-state index in [9.17, 15) is 9.90 Å². The third-order valence-corrected chi connectivity index (χ3v) is 5.75. The van der Waals surface area contributed by atoms with Crippen LogP contribution >= 0.6 is 0 Å². The van der Waals surface area contributed by atoms with E-state index < -0.39 is 6.10 Å². The van der Waals surface area contributed by atoms with E-state index in [4.69, 9.17) is 23.8 Å². The lowest BCUT2D eigenvalue weighted by Gasteiger charge is -2.34. The van der Waals surface area contributed by atoms with Crippen molar-refractivity contribution in [2.45, 2.75) is 50.2 Å². The van der Waals surface area contributed by atoms with Gasteiger partial charge < -0.3 is 34.3 Å². The molecule has 3 N–H and O–H groups in total. The molecule has 2 aliphatic heterocycles. The van der Waals surface area contributed by atoms with Crippen molar-refractivity contribution in [3.05, 3.63) is 29.7 Å². The second kappa shape index (κ2) is 9.86. The molecule has 1 aromatic carbocycles. The highest BCUT2D eigenvalue weighted by Crippen LogP contribution is 2.36. The van der Waals surface area contributed by atoms with Crippen molar-refractivity contribution in [2.24, 2.45) is 0 Å². The number of hydrogen-bond acceptors (Lipinski definition) is 9. The summed E-state index contributed by atoms with van der Waals surface area (Å²) in [5.74, 6) is 2.29. The molecule has 2 aromatic rings. The van der Waals surface area contributed by atoms with E-state index >= 15 is 0 Å². The normalized spacial score (nSPS) is 21.8. The Kier molecular flexibility index (Phi) is 6.74. The molecule has 11 nitrogen and oxygen atoms in total. The summed E-state index contributed by atoms with van der Waals surface area (Å²) in [5.41, 5.74) is 0.849. The van der Waals surface area contributed by atoms with Gasteiger partial charge in [0.25, 0.3) is 6.47 Å². The number of aliphatic hydroxyl groups excluding tert-OH is 1. The van der Waals surface area contributed by atoms with Crippen LogP contribution in [0.15, 0.2) is 22.6 Å². The van der Waals surface area contributed by atoms with E-state index in [-0.39, 0.29) is 31.6 Å². The molecule has 11 heteroatoms. The third-order valence-electron chi connectivity index (χ3n) is 5.75. The number of carbonyl (C=O) groups excluding carboxylic acids is 1. The lowest BCUT2D eigenvalue weighted by atomic mass is 9.85. The first-order valence-electron chi connectivity index (χ1n) is 10.6. The summed E-state index contributed by atoms with van der Waals surface area (Å²) in [4.78, 5) is 22.8. The van der Waals surface area contributed by atoms with Gasteiger partial charge in [0, 0.05) is 25.0 Å². The zero-order chi connectivity index (χ0) is 22.5. The average molecular weight is 446 g/mol. The smallest absolute Gasteiger partial charge is 0.318 e. The number of rotatable bonds is 5. The van der Waals surface area contributed by atoms with Crippen molar-refractivity contribution in [3.8, 4) is 11.5 Å². The molecular weight excluding hydrogens is 420 g/mol. The molecule has 5 rings (SSSR count). The van der Waals surface area contributed by atoms with Gasteiger partial charge in [-0.05, 0) is 37.0 Å². The van der Waals surface area contributed by atoms with Gasteiger partial charge >= 0.3 is 6.01 Å². The maximum Gasteiger partial charge on any atom is 0.318 e. The van der Waals surface area contributed by atoms with Gasteiger partial charge in [-0.15, -0.1) is 5.10 Å². The molecule has 2 fully saturated rings. The fraction of sp³-hybridized carbons (Fsp3) is 0.524. The van der Waals surface area contributed by atoms with Crippen LogP contribution in [0.3, 0.4) is 0 Å². The van der Waals surface area contributed by atoms with Crippen LogP contribution in [0.4, 0.5) is 6.01 Å². The average Bonchev–Trinajstić information content (AvgIpc) is 3.36. The summed E-state index contributed by atoms with van der Waals surface area (Å²) in [6, 6.07) is 5.71. The lowest BCUT2D eigenvalue weighted by Crippen LogP contribution is -2.53. The van der Waals surface area contributed by atoms with E-state index in [0.717, 1.165) is 18.4 Å². The van der Waals surface area contributed by atoms with Crippen molar-refractivity contribution in [2.75, 3.05) is 24.8 Å². The Balaban J connectivity index is 0.000000775. The van der Waals surface area contributed by atoms with Gasteiger partial charge in [0.2, 0.25) is 18.6 Å². The molecule has 0 bridgehead atoms. The van der Waals surface area contributed by atoms with E-state index in [1.807, 2.05) is 23.1 Å². The van der Waals surface area contributed by atoms with Gasteiger partial charge in [0.1, 0.15) is 0 Å². The van der Waals surface area contributed by atoms with Gasteiger partial charge in [-0.3, -0.25) is 9.59 Å². The highest BCUT2D eigenvalue weighted by molar-refractivity contribution is 5.79. The first-order chi connectivity index (χ1) is 15.6. The van der Waals surface area contributed by atoms with E-state index in [1.54, 1.807) is 0 Å². The van der Waals surface area contributed by atoms with Crippen LogP contribution < -0.4 is 19.7 Å². The zero-order valence-corrected chi connectivity index (χ0v) is 17.5. The number of aromatic nitrogens is 2. The molecule has 1 amide bonds. The molecule has 1 saturated heterocycles. The number of fused-ring (bicyclic) bond motifs is 1. The molecule has 1 saturated carbocycles. The first-order valence-corrected chi connectivity index (χ1v) is 10.6. The summed E-state index contributed by atoms with van der Waals surface area (Å²) >= 11 is 0. The Hall–Kier alpha value is -3.34. The number of ether oxygens (including phenoxy) is 2. The van der Waals surface area contributed by atoms with E-state index in [0.29, 0.717) is 48.8 Å². The number of nitrogens with one attached hydrogen (secondary N) is 1. The molecule has 3 aliphatic rings. The minimum atomic E-state index is -0.571. The number of aliphatic hydroxyl groups is 1. The van der Waals surface area contributed by atoms with E-state index in [2.05, 4.69) is 15.5 Å². The summed E-state index contributed by atoms with van der Waals surface area (Å²) in [7, 11) is 0. The van der Waals surface area contributed by atoms with Crippen LogP contribution in [-0.2, 0) is 16.0 Å². The molecule has 3 heterocycles. The van der Waals surface area contributed by atoms with Crippen LogP contribution in [0, 0.1) is 0 Å². The van der Waals surface area contributed by atoms with Crippen molar-refractivity contribution in [1.82, 2.24) is 15.5 Å². The molecule has 0 radical (unpaired) electrons. The molecule has 172 valence electrons. The predicted molar refractivity (Wildman–Crippen MR) is 111 cm³/mol. The van der Waals surface area contributed by atoms with Gasteiger partial charge in [0.15, 0.2) is 11.5 Å². The number of anilines is 1. The molecule has 1 aliphatic carbocycles. The van der Waals surface area contributed by atoms with Crippen LogP contribution in [0.1, 0.15) is 43.1 Å². The SMILES string of the molecule is O=C(Cc1ccc2c(c1)OCO2)N[C@H]1C[C@@H](O)CN(c2nnc(C3CCC3)o2)C1.O=CO. The van der Waals surface area contributed by atoms with Crippen LogP contribution in [0.2, 0.25) is 0 Å². The summed E-state index contributed by atoms with van der Waals surface area (Å²) in [6.07, 6.45) is 3.52. The van der Waals surface area contributed by atoms with Gasteiger partial charge in [-0.25, -0.2) is 0 Å². The number of benzene rings is 1. The van der Waals surface area contributed by atoms with Gasteiger partial charge in [0.05, 0.1) is 12.5 Å². The topological polar surface area (TPSA) is 147 Å². The first kappa shape index (κ1) is 21.9. The zero-order valence-electron chi connectivity index (χ0n) is 17.5. The number of carbonyl (C=O) groups is 2. The maximum atomic E-state index is 12.5. The monoisotopic (exact) mass is 446 g/mol. The molecular formula is C21H26N4O7. The van der Waals surface area contributed by atoms with Gasteiger partial charge in [-0.1, -0.05) is 17.6 Å². The largest absolute Gasteiger partial charge is 0.483 e. The Bertz CT molecular complexity index is 946. The Morgan fingerprint density at radius 2 is 2.00 bits per heavy atom. The predicted octanol–water partition coefficient (Wildman–Crippen LogP) is 1.07. The minimum Gasteiger partial charge on any atom is -0.483 e. The standard InChI is InChI=1S/C20H24N4O5.CH2O2/c25-15-8-14(9-24(10-15)20-23-22-19(29-20)13-2-1-3-13)21-18(26)7-12-4-5-16-17(6-12)28-11-27-16;2-1-3/h4-6,13-15,25H,1-3,7-11H2,(H,21,26);1H,(H,2,3)/t14-,15+;/m0./s1. The molecule has 0 spiro atoms. The van der Waals surface area contributed by atoms with Crippen molar-refractivity contribution in [1.29, 1.82) is 0 Å². The maximum absolute atomic E-state index is 12.5. The number of carboxylic acid groups (broad SMARTS) is 1. The number of amides is 1. The number of hydrogen-bond donors (Lipinski definition) is 3. The summed E-state index contributed by atoms with van der Waals surface area (Å²) in [6.45, 7) is 0.899. The van der Waals surface area contributed by atoms with Gasteiger partial charge in [-0.2, -0.15) is 0 Å². The highest BCUT2D eigenvalue weighted by atomic mass is 16.7. The second-order valence-electron chi connectivity index (χ2n) is 8.08. The Morgan fingerprint density at radius 3 is 2.75 bits per heavy atom. The number of β-amino-alcohol motifs (C(OH)–C–C–N with tert-alkyl or cyclic N) is 1. The fourth-order valence-corrected chi connectivity index (χ4v) is 4.02. The van der Waals surface area contributed by atoms with Crippen molar-refractivity contribution in [3.63, 3.8) is 0 Å². The second-order valence-corrected chi connectivity index (χ2v) is 8.08. The fourth-order valence-electron chi connectivity index (χ4n) is 4.02. The van der Waals surface area contributed by atoms with Crippen molar-refractivity contribution < 1.29 is 33.7 Å². The highest BCUT2D eigenvalue weighted by Gasteiger charge is 2.32. The molecule has 1 aromatic heterocycles. The number of nitrogens with zero attached hydrogens (tertiary/aromatic N) is 3. The lowest BCUT2D eigenvalue weighted by molar-refractivity contribution is -0.123. The summed E-state index contributed by atoms with van der Waals surface area (Å²) < 4.78 is 16.5. The minimum absolute atomic E-state index is 0.108. The summed E-state index contributed by atoms with van der Waals surface area (Å²) in [5, 5.41) is 28.5. The third kappa shape index (κ3) is 5.10. The van der Waals surface area contributed by atoms with Crippen LogP contribution in [0.5, 0.6) is 11.5 Å². The van der Waals surface area contributed by atoms with Crippen LogP contribution in [-0.4, -0.2) is 64.8 Å². The van der Waals surface area contributed by atoms with Crippen LogP contribution in [0.25, 0.3) is 0 Å². The van der Waals surface area contributed by atoms with E-state index in [1.165, 1.54) is 6.42 Å². The Labute approximate surface area is 184 Å². The number of piperidine rings is 1. The molecule has 32 heavy (non-hydrogen) atoms. The quantitative estimate of drug-likeness (QED) is 0.570.